The Hall–Kier alpha value is -2.37. The molecule has 0 spiro atoms. The number of carbonyl (C=O) groups excluding carboxylic acids is 1. The van der Waals surface area contributed by atoms with Gasteiger partial charge in [-0.05, 0) is 94.2 Å². The van der Waals surface area contributed by atoms with Crippen molar-refractivity contribution in [1.82, 2.24) is 10.2 Å². The fraction of sp³-hybridized carbons (Fsp3) is 0.571. The maximum Gasteiger partial charge on any atom is 0.254 e. The molecule has 2 fully saturated rings. The summed E-state index contributed by atoms with van der Waals surface area (Å²) in [4.78, 5) is 15.1. The summed E-state index contributed by atoms with van der Waals surface area (Å²) < 4.78 is 20.9. The van der Waals surface area contributed by atoms with E-state index < -0.39 is 5.67 Å². The van der Waals surface area contributed by atoms with Gasteiger partial charge in [0.15, 0.2) is 0 Å². The van der Waals surface area contributed by atoms with Crippen LogP contribution in [0.5, 0.6) is 5.75 Å². The van der Waals surface area contributed by atoms with Gasteiger partial charge in [0.2, 0.25) is 0 Å². The van der Waals surface area contributed by atoms with E-state index in [9.17, 15) is 4.79 Å². The number of allylic oxidation sites excluding steroid dienone is 1. The molecule has 4 unspecified atom stereocenters. The second-order valence-corrected chi connectivity index (χ2v) is 13.8. The second kappa shape index (κ2) is 11.7. The summed E-state index contributed by atoms with van der Waals surface area (Å²) in [6.45, 7) is 12.5. The molecule has 1 N–H and O–H groups in total. The number of nitrogens with one attached hydrogen (secondary N) is 1. The predicted octanol–water partition coefficient (Wildman–Crippen LogP) is 8.00. The monoisotopic (exact) mass is 580 g/mol. The van der Waals surface area contributed by atoms with Crippen molar-refractivity contribution in [3.63, 3.8) is 0 Å². The number of carbonyl (C=O) groups is 1. The normalized spacial score (nSPS) is 29.7. The van der Waals surface area contributed by atoms with Crippen LogP contribution in [-0.2, 0) is 10.5 Å². The predicted molar refractivity (Wildman–Crippen MR) is 166 cm³/mol. The van der Waals surface area contributed by atoms with Gasteiger partial charge in [-0.2, -0.15) is 0 Å². The zero-order valence-corrected chi connectivity index (χ0v) is 26.1. The average molecular weight is 581 g/mol. The molecular weight excluding hydrogens is 535 g/mol. The fourth-order valence-corrected chi connectivity index (χ4v) is 8.14. The Bertz CT molecular complexity index is 1260. The molecule has 2 aromatic rings. The highest BCUT2D eigenvalue weighted by Gasteiger charge is 2.71. The number of halogens is 2. The largest absolute Gasteiger partial charge is 0.491 e. The number of fused-ring (bicyclic) bond motifs is 1. The molecule has 41 heavy (non-hydrogen) atoms. The van der Waals surface area contributed by atoms with Gasteiger partial charge in [0.25, 0.3) is 5.91 Å². The van der Waals surface area contributed by atoms with Crippen molar-refractivity contribution >= 4 is 23.1 Å². The van der Waals surface area contributed by atoms with Gasteiger partial charge >= 0.3 is 0 Å². The molecule has 222 valence electrons. The van der Waals surface area contributed by atoms with E-state index in [1.165, 1.54) is 5.56 Å². The molecule has 1 amide bonds. The van der Waals surface area contributed by atoms with Gasteiger partial charge in [-0.1, -0.05) is 55.8 Å². The highest BCUT2D eigenvalue weighted by molar-refractivity contribution is 6.27. The summed E-state index contributed by atoms with van der Waals surface area (Å²) in [5, 5.41) is 3.80. The van der Waals surface area contributed by atoms with Crippen LogP contribution in [0.2, 0.25) is 0 Å². The Morgan fingerprint density at radius 2 is 1.78 bits per heavy atom. The van der Waals surface area contributed by atoms with Crippen molar-refractivity contribution in [2.24, 2.45) is 5.41 Å². The lowest BCUT2D eigenvalue weighted by Crippen LogP contribution is -2.46. The quantitative estimate of drug-likeness (QED) is 0.289. The van der Waals surface area contributed by atoms with Gasteiger partial charge in [-0.3, -0.25) is 4.79 Å². The standard InChI is InChI=1S/C35H46ClFN2O2/c1-6-18-35(31(34(35,5)36)25-11-13-27(14-12-25)41-24(2)3)20-21-38-26-16-22-39(23-17-26)32(40)29-15-19-33(4,37)30-10-8-7-9-28(29)30/h7-15,24,26,31,38H,6,16-23H2,1-5H3. The molecule has 4 nitrogen and oxygen atoms in total. The lowest BCUT2D eigenvalue weighted by molar-refractivity contribution is -0.126. The van der Waals surface area contributed by atoms with Crippen LogP contribution in [0.15, 0.2) is 54.6 Å². The number of alkyl halides is 2. The first-order valence-electron chi connectivity index (χ1n) is 15.5. The third-order valence-corrected chi connectivity index (χ3v) is 10.3. The topological polar surface area (TPSA) is 41.6 Å². The van der Waals surface area contributed by atoms with Gasteiger partial charge in [0.05, 0.1) is 11.0 Å². The summed E-state index contributed by atoms with van der Waals surface area (Å²) in [5.74, 6) is 1.25. The van der Waals surface area contributed by atoms with E-state index in [4.69, 9.17) is 16.3 Å². The van der Waals surface area contributed by atoms with Crippen LogP contribution in [0.4, 0.5) is 4.39 Å². The van der Waals surface area contributed by atoms with Crippen molar-refractivity contribution < 1.29 is 13.9 Å². The number of ether oxygens (including phenoxy) is 1. The Labute approximate surface area is 250 Å². The molecule has 0 radical (unpaired) electrons. The van der Waals surface area contributed by atoms with Crippen LogP contribution in [0, 0.1) is 5.41 Å². The Kier molecular flexibility index (Phi) is 8.61. The summed E-state index contributed by atoms with van der Waals surface area (Å²) >= 11 is 7.24. The number of piperidine rings is 1. The lowest BCUT2D eigenvalue weighted by Gasteiger charge is -2.35. The number of likely N-dealkylation sites (tertiary alicyclic amines) is 1. The molecule has 3 aliphatic rings. The second-order valence-electron chi connectivity index (χ2n) is 13.0. The van der Waals surface area contributed by atoms with E-state index >= 15 is 4.39 Å². The molecule has 1 saturated carbocycles. The van der Waals surface area contributed by atoms with Crippen LogP contribution in [0.25, 0.3) is 5.57 Å². The number of benzene rings is 2. The molecule has 4 atom stereocenters. The fourth-order valence-electron chi connectivity index (χ4n) is 7.56. The highest BCUT2D eigenvalue weighted by Crippen LogP contribution is 2.75. The van der Waals surface area contributed by atoms with E-state index in [1.807, 2.05) is 43.0 Å². The highest BCUT2D eigenvalue weighted by atomic mass is 35.5. The van der Waals surface area contributed by atoms with Crippen molar-refractivity contribution in [2.45, 2.75) is 102 Å². The molecule has 2 aromatic carbocycles. The van der Waals surface area contributed by atoms with Crippen molar-refractivity contribution in [1.29, 1.82) is 0 Å². The third-order valence-electron chi connectivity index (χ3n) is 9.75. The molecule has 1 heterocycles. The summed E-state index contributed by atoms with van der Waals surface area (Å²) in [7, 11) is 0. The summed E-state index contributed by atoms with van der Waals surface area (Å²) in [6.07, 6.45) is 7.26. The van der Waals surface area contributed by atoms with E-state index in [0.717, 1.165) is 50.0 Å². The first kappa shape index (κ1) is 30.1. The van der Waals surface area contributed by atoms with Gasteiger partial charge < -0.3 is 15.0 Å². The van der Waals surface area contributed by atoms with E-state index in [2.05, 4.69) is 43.4 Å². The first-order chi connectivity index (χ1) is 19.5. The van der Waals surface area contributed by atoms with Gasteiger partial charge in [-0.25, -0.2) is 4.39 Å². The van der Waals surface area contributed by atoms with Gasteiger partial charge in [0.1, 0.15) is 11.4 Å². The van der Waals surface area contributed by atoms with Gasteiger partial charge in [0, 0.05) is 37.0 Å². The molecule has 1 saturated heterocycles. The van der Waals surface area contributed by atoms with Crippen LogP contribution >= 0.6 is 11.6 Å². The molecule has 2 aliphatic carbocycles. The number of hydrogen-bond acceptors (Lipinski definition) is 3. The average Bonchev–Trinajstić information content (AvgIpc) is 3.42. The van der Waals surface area contributed by atoms with E-state index in [-0.39, 0.29) is 28.7 Å². The van der Waals surface area contributed by atoms with Crippen molar-refractivity contribution in [2.75, 3.05) is 19.6 Å². The Morgan fingerprint density at radius 1 is 1.10 bits per heavy atom. The minimum Gasteiger partial charge on any atom is -0.491 e. The number of nitrogens with zero attached hydrogens (tertiary/aromatic N) is 1. The van der Waals surface area contributed by atoms with Crippen LogP contribution < -0.4 is 10.1 Å². The summed E-state index contributed by atoms with van der Waals surface area (Å²) in [6, 6.07) is 16.3. The number of amides is 1. The molecule has 0 aromatic heterocycles. The first-order valence-corrected chi connectivity index (χ1v) is 15.8. The smallest absolute Gasteiger partial charge is 0.254 e. The minimum atomic E-state index is -1.43. The van der Waals surface area contributed by atoms with Crippen molar-refractivity contribution in [3.8, 4) is 5.75 Å². The Balaban J connectivity index is 1.16. The van der Waals surface area contributed by atoms with E-state index in [1.54, 1.807) is 13.0 Å². The van der Waals surface area contributed by atoms with E-state index in [0.29, 0.717) is 36.2 Å². The lowest BCUT2D eigenvalue weighted by atomic mass is 9.81. The Morgan fingerprint density at radius 3 is 2.44 bits per heavy atom. The SMILES string of the molecule is CCCC1(CCNC2CCN(C(=O)C3=CCC(C)(F)c4ccccc43)CC2)C(c2ccc(OC(C)C)cc2)C1(C)Cl. The molecule has 0 bridgehead atoms. The maximum atomic E-state index is 15.1. The zero-order chi connectivity index (χ0) is 29.4. The zero-order valence-electron chi connectivity index (χ0n) is 25.3. The molecule has 5 rings (SSSR count). The molecule has 6 heteroatoms. The minimum absolute atomic E-state index is 0.0249. The summed E-state index contributed by atoms with van der Waals surface area (Å²) in [5.41, 5.74) is 1.93. The molecule has 1 aliphatic heterocycles. The maximum absolute atomic E-state index is 15.1. The van der Waals surface area contributed by atoms with Crippen LogP contribution in [0.1, 0.15) is 95.8 Å². The third kappa shape index (κ3) is 5.82. The van der Waals surface area contributed by atoms with Crippen LogP contribution in [-0.4, -0.2) is 47.5 Å². The van der Waals surface area contributed by atoms with Crippen molar-refractivity contribution in [3.05, 3.63) is 71.3 Å². The number of rotatable bonds is 10. The molecular formula is C35H46ClFN2O2. The van der Waals surface area contributed by atoms with Crippen LogP contribution in [0.3, 0.4) is 0 Å². The van der Waals surface area contributed by atoms with Gasteiger partial charge in [-0.15, -0.1) is 11.6 Å². The number of hydrogen-bond donors (Lipinski definition) is 1.